The second kappa shape index (κ2) is 5.59. The Morgan fingerprint density at radius 1 is 1.27 bits per heavy atom. The van der Waals surface area contributed by atoms with Crippen LogP contribution in [0.25, 0.3) is 0 Å². The fraction of sp³-hybridized carbons (Fsp3) is 1.00. The SMILES string of the molecule is CC.CC1CC(C(C)C)CN1. The van der Waals surface area contributed by atoms with Gasteiger partial charge in [0, 0.05) is 6.04 Å². The first-order valence-corrected chi connectivity index (χ1v) is 4.93. The highest BCUT2D eigenvalue weighted by atomic mass is 14.9. The summed E-state index contributed by atoms with van der Waals surface area (Å²) in [6.07, 6.45) is 1.37. The molecule has 1 N–H and O–H groups in total. The van der Waals surface area contributed by atoms with Gasteiger partial charge in [-0.1, -0.05) is 27.7 Å². The molecule has 1 heterocycles. The van der Waals surface area contributed by atoms with E-state index >= 15 is 0 Å². The molecule has 1 aliphatic rings. The summed E-state index contributed by atoms with van der Waals surface area (Å²) in [6, 6.07) is 0.761. The van der Waals surface area contributed by atoms with Crippen LogP contribution in [0.15, 0.2) is 0 Å². The van der Waals surface area contributed by atoms with E-state index in [1.54, 1.807) is 0 Å². The van der Waals surface area contributed by atoms with E-state index in [0.717, 1.165) is 17.9 Å². The van der Waals surface area contributed by atoms with Crippen LogP contribution in [0.5, 0.6) is 0 Å². The summed E-state index contributed by atoms with van der Waals surface area (Å²) < 4.78 is 0. The molecule has 2 atom stereocenters. The van der Waals surface area contributed by atoms with Crippen molar-refractivity contribution in [1.29, 1.82) is 0 Å². The highest BCUT2D eigenvalue weighted by molar-refractivity contribution is 4.79. The van der Waals surface area contributed by atoms with Crippen molar-refractivity contribution < 1.29 is 0 Å². The van der Waals surface area contributed by atoms with E-state index in [-0.39, 0.29) is 0 Å². The molecule has 2 unspecified atom stereocenters. The minimum absolute atomic E-state index is 0.761. The van der Waals surface area contributed by atoms with Gasteiger partial charge in [0.1, 0.15) is 0 Å². The summed E-state index contributed by atoms with van der Waals surface area (Å²) in [4.78, 5) is 0. The van der Waals surface area contributed by atoms with Gasteiger partial charge in [0.25, 0.3) is 0 Å². The molecule has 1 nitrogen and oxygen atoms in total. The lowest BCUT2D eigenvalue weighted by molar-refractivity contribution is 0.413. The van der Waals surface area contributed by atoms with Gasteiger partial charge in [-0.05, 0) is 31.7 Å². The largest absolute Gasteiger partial charge is 0.314 e. The molecule has 0 spiro atoms. The molecule has 11 heavy (non-hydrogen) atoms. The average Bonchev–Trinajstić information content (AvgIpc) is 2.40. The normalized spacial score (nSPS) is 30.0. The van der Waals surface area contributed by atoms with Crippen LogP contribution in [-0.2, 0) is 0 Å². The molecule has 1 saturated heterocycles. The van der Waals surface area contributed by atoms with Gasteiger partial charge in [0.05, 0.1) is 0 Å². The number of rotatable bonds is 1. The Morgan fingerprint density at radius 3 is 2.00 bits per heavy atom. The van der Waals surface area contributed by atoms with E-state index in [1.165, 1.54) is 13.0 Å². The minimum atomic E-state index is 0.761. The molecule has 0 radical (unpaired) electrons. The maximum atomic E-state index is 3.45. The van der Waals surface area contributed by atoms with Gasteiger partial charge in [-0.25, -0.2) is 0 Å². The third-order valence-corrected chi connectivity index (χ3v) is 2.33. The maximum absolute atomic E-state index is 3.45. The van der Waals surface area contributed by atoms with Crippen LogP contribution in [-0.4, -0.2) is 12.6 Å². The zero-order valence-electron chi connectivity index (χ0n) is 8.65. The summed E-state index contributed by atoms with van der Waals surface area (Å²) in [5, 5.41) is 3.45. The topological polar surface area (TPSA) is 12.0 Å². The Hall–Kier alpha value is -0.0400. The summed E-state index contributed by atoms with van der Waals surface area (Å²) in [6.45, 7) is 12.1. The molecule has 1 aliphatic heterocycles. The molecular weight excluding hydrogens is 134 g/mol. The number of hydrogen-bond donors (Lipinski definition) is 1. The van der Waals surface area contributed by atoms with E-state index in [1.807, 2.05) is 13.8 Å². The van der Waals surface area contributed by atoms with Crippen molar-refractivity contribution in [3.05, 3.63) is 0 Å². The van der Waals surface area contributed by atoms with E-state index in [2.05, 4.69) is 26.1 Å². The monoisotopic (exact) mass is 157 g/mol. The van der Waals surface area contributed by atoms with Crippen LogP contribution in [0.2, 0.25) is 0 Å². The second-order valence-corrected chi connectivity index (χ2v) is 3.55. The highest BCUT2D eigenvalue weighted by Crippen LogP contribution is 2.20. The zero-order valence-corrected chi connectivity index (χ0v) is 8.65. The summed E-state index contributed by atoms with van der Waals surface area (Å²) in [5.74, 6) is 1.79. The maximum Gasteiger partial charge on any atom is 0.00420 e. The quantitative estimate of drug-likeness (QED) is 0.617. The van der Waals surface area contributed by atoms with Gasteiger partial charge in [-0.15, -0.1) is 0 Å². The van der Waals surface area contributed by atoms with Gasteiger partial charge >= 0.3 is 0 Å². The summed E-state index contributed by atoms with van der Waals surface area (Å²) >= 11 is 0. The lowest BCUT2D eigenvalue weighted by Gasteiger charge is -2.11. The number of nitrogens with one attached hydrogen (secondary N) is 1. The van der Waals surface area contributed by atoms with Crippen molar-refractivity contribution in [1.82, 2.24) is 5.32 Å². The smallest absolute Gasteiger partial charge is 0.00420 e. The van der Waals surface area contributed by atoms with Crippen LogP contribution in [0.4, 0.5) is 0 Å². The van der Waals surface area contributed by atoms with Crippen LogP contribution >= 0.6 is 0 Å². The Morgan fingerprint density at radius 2 is 1.82 bits per heavy atom. The van der Waals surface area contributed by atoms with E-state index in [0.29, 0.717) is 0 Å². The van der Waals surface area contributed by atoms with Crippen molar-refractivity contribution in [2.75, 3.05) is 6.54 Å². The van der Waals surface area contributed by atoms with Crippen molar-refractivity contribution in [2.45, 2.75) is 47.1 Å². The molecule has 0 amide bonds. The van der Waals surface area contributed by atoms with Gasteiger partial charge in [-0.3, -0.25) is 0 Å². The third kappa shape index (κ3) is 3.76. The molecule has 0 bridgehead atoms. The fourth-order valence-electron chi connectivity index (χ4n) is 1.48. The number of hydrogen-bond acceptors (Lipinski definition) is 1. The van der Waals surface area contributed by atoms with Crippen molar-refractivity contribution >= 4 is 0 Å². The lowest BCUT2D eigenvalue weighted by Crippen LogP contribution is -2.17. The summed E-state index contributed by atoms with van der Waals surface area (Å²) in [7, 11) is 0. The van der Waals surface area contributed by atoms with E-state index < -0.39 is 0 Å². The van der Waals surface area contributed by atoms with Crippen molar-refractivity contribution in [3.63, 3.8) is 0 Å². The van der Waals surface area contributed by atoms with E-state index in [4.69, 9.17) is 0 Å². The molecule has 0 aromatic heterocycles. The standard InChI is InChI=1S/C8H17N.C2H6/c1-6(2)8-4-7(3)9-5-8;1-2/h6-9H,4-5H2,1-3H3;1-2H3. The predicted molar refractivity (Wildman–Crippen MR) is 51.8 cm³/mol. The first kappa shape index (κ1) is 11.0. The van der Waals surface area contributed by atoms with Gasteiger partial charge in [0.15, 0.2) is 0 Å². The lowest BCUT2D eigenvalue weighted by atomic mass is 9.94. The Bertz CT molecular complexity index is 88.9. The third-order valence-electron chi connectivity index (χ3n) is 2.33. The molecule has 68 valence electrons. The van der Waals surface area contributed by atoms with Crippen LogP contribution < -0.4 is 5.32 Å². The molecule has 1 heteroatoms. The second-order valence-electron chi connectivity index (χ2n) is 3.55. The van der Waals surface area contributed by atoms with Crippen LogP contribution in [0, 0.1) is 11.8 Å². The molecular formula is C10H23N. The molecule has 0 aromatic carbocycles. The van der Waals surface area contributed by atoms with Crippen molar-refractivity contribution in [3.8, 4) is 0 Å². The van der Waals surface area contributed by atoms with Gasteiger partial charge in [0.2, 0.25) is 0 Å². The first-order valence-electron chi connectivity index (χ1n) is 4.93. The molecule has 1 rings (SSSR count). The molecule has 1 fully saturated rings. The Balaban J connectivity index is 0.000000461. The molecule has 0 saturated carbocycles. The Kier molecular flexibility index (Phi) is 5.57. The summed E-state index contributed by atoms with van der Waals surface area (Å²) in [5.41, 5.74) is 0. The van der Waals surface area contributed by atoms with E-state index in [9.17, 15) is 0 Å². The van der Waals surface area contributed by atoms with Crippen LogP contribution in [0.1, 0.15) is 41.0 Å². The average molecular weight is 157 g/mol. The first-order chi connectivity index (χ1) is 5.20. The highest BCUT2D eigenvalue weighted by Gasteiger charge is 2.22. The Labute approximate surface area is 71.6 Å². The predicted octanol–water partition coefficient (Wildman–Crippen LogP) is 2.67. The zero-order chi connectivity index (χ0) is 8.85. The van der Waals surface area contributed by atoms with Gasteiger partial charge < -0.3 is 5.32 Å². The molecule has 0 aromatic rings. The fourth-order valence-corrected chi connectivity index (χ4v) is 1.48. The van der Waals surface area contributed by atoms with Gasteiger partial charge in [-0.2, -0.15) is 0 Å². The van der Waals surface area contributed by atoms with Crippen molar-refractivity contribution in [2.24, 2.45) is 11.8 Å². The minimum Gasteiger partial charge on any atom is -0.314 e. The van der Waals surface area contributed by atoms with Crippen LogP contribution in [0.3, 0.4) is 0 Å². The molecule has 0 aliphatic carbocycles.